The van der Waals surface area contributed by atoms with Gasteiger partial charge in [0.2, 0.25) is 5.82 Å². The van der Waals surface area contributed by atoms with Crippen LogP contribution in [-0.4, -0.2) is 10.1 Å². The molecule has 8 heteroatoms. The molecule has 3 aromatic rings. The molecule has 3 rings (SSSR count). The van der Waals surface area contributed by atoms with Gasteiger partial charge in [-0.2, -0.15) is 18.2 Å². The lowest BCUT2D eigenvalue weighted by Crippen LogP contribution is -2.04. The molecule has 0 fully saturated rings. The zero-order valence-electron chi connectivity index (χ0n) is 10.4. The van der Waals surface area contributed by atoms with Gasteiger partial charge in [0, 0.05) is 5.56 Å². The van der Waals surface area contributed by atoms with Crippen LogP contribution in [0.25, 0.3) is 22.2 Å². The third-order valence-electron chi connectivity index (χ3n) is 2.76. The Hall–Kier alpha value is -2.35. The molecular formula is C13H8F3N3OS. The summed E-state index contributed by atoms with van der Waals surface area (Å²) in [6.07, 6.45) is -4.42. The molecule has 108 valence electrons. The first-order valence-corrected chi connectivity index (χ1v) is 6.68. The quantitative estimate of drug-likeness (QED) is 0.775. The van der Waals surface area contributed by atoms with Crippen molar-refractivity contribution in [2.45, 2.75) is 6.18 Å². The Morgan fingerprint density at radius 2 is 2.00 bits per heavy atom. The lowest BCUT2D eigenvalue weighted by molar-refractivity contribution is -0.137. The van der Waals surface area contributed by atoms with E-state index in [0.717, 1.165) is 12.1 Å². The van der Waals surface area contributed by atoms with E-state index < -0.39 is 11.7 Å². The topological polar surface area (TPSA) is 64.9 Å². The molecule has 2 aromatic heterocycles. The lowest BCUT2D eigenvalue weighted by atomic mass is 10.1. The van der Waals surface area contributed by atoms with Crippen molar-refractivity contribution in [1.82, 2.24) is 10.1 Å². The van der Waals surface area contributed by atoms with Crippen LogP contribution in [0.1, 0.15) is 5.56 Å². The second-order valence-electron chi connectivity index (χ2n) is 4.21. The molecule has 2 N–H and O–H groups in total. The normalized spacial score (nSPS) is 11.8. The molecule has 0 aliphatic rings. The predicted molar refractivity (Wildman–Crippen MR) is 72.5 cm³/mol. The number of benzene rings is 1. The Kier molecular flexibility index (Phi) is 3.17. The maximum Gasteiger partial charge on any atom is 0.416 e. The molecule has 0 aliphatic carbocycles. The SMILES string of the molecule is Nc1ccsc1-c1nc(-c2cccc(C(F)(F)F)c2)no1. The van der Waals surface area contributed by atoms with Gasteiger partial charge in [0.15, 0.2) is 0 Å². The second-order valence-corrected chi connectivity index (χ2v) is 5.12. The summed E-state index contributed by atoms with van der Waals surface area (Å²) in [5, 5.41) is 5.47. The van der Waals surface area contributed by atoms with Gasteiger partial charge in [-0.15, -0.1) is 11.3 Å². The molecule has 0 aliphatic heterocycles. The number of rotatable bonds is 2. The Bertz CT molecular complexity index is 779. The number of halogens is 3. The Balaban J connectivity index is 1.99. The minimum Gasteiger partial charge on any atom is -0.397 e. The van der Waals surface area contributed by atoms with Gasteiger partial charge in [0.25, 0.3) is 5.89 Å². The van der Waals surface area contributed by atoms with Gasteiger partial charge < -0.3 is 10.3 Å². The van der Waals surface area contributed by atoms with E-state index >= 15 is 0 Å². The van der Waals surface area contributed by atoms with E-state index in [0.29, 0.717) is 10.6 Å². The summed E-state index contributed by atoms with van der Waals surface area (Å²) in [7, 11) is 0. The Labute approximate surface area is 121 Å². The average Bonchev–Trinajstić information content (AvgIpc) is 3.06. The van der Waals surface area contributed by atoms with Crippen LogP contribution in [0.4, 0.5) is 18.9 Å². The number of aromatic nitrogens is 2. The number of nitrogen functional groups attached to an aromatic ring is 1. The van der Waals surface area contributed by atoms with Crippen LogP contribution in [0, 0.1) is 0 Å². The molecule has 0 bridgehead atoms. The number of nitrogens with zero attached hydrogens (tertiary/aromatic N) is 2. The van der Waals surface area contributed by atoms with Crippen molar-refractivity contribution in [2.75, 3.05) is 5.73 Å². The van der Waals surface area contributed by atoms with Crippen LogP contribution in [0.2, 0.25) is 0 Å². The van der Waals surface area contributed by atoms with Gasteiger partial charge >= 0.3 is 6.18 Å². The summed E-state index contributed by atoms with van der Waals surface area (Å²) >= 11 is 1.32. The Morgan fingerprint density at radius 3 is 2.67 bits per heavy atom. The third-order valence-corrected chi connectivity index (χ3v) is 3.68. The molecule has 0 amide bonds. The second kappa shape index (κ2) is 4.88. The fraction of sp³-hybridized carbons (Fsp3) is 0.0769. The summed E-state index contributed by atoms with van der Waals surface area (Å²) in [5.74, 6) is 0.277. The zero-order valence-corrected chi connectivity index (χ0v) is 11.2. The van der Waals surface area contributed by atoms with E-state index in [1.807, 2.05) is 0 Å². The van der Waals surface area contributed by atoms with E-state index in [2.05, 4.69) is 10.1 Å². The van der Waals surface area contributed by atoms with E-state index in [4.69, 9.17) is 10.3 Å². The third kappa shape index (κ3) is 2.62. The fourth-order valence-corrected chi connectivity index (χ4v) is 2.50. The molecule has 2 heterocycles. The van der Waals surface area contributed by atoms with Crippen molar-refractivity contribution in [2.24, 2.45) is 0 Å². The number of anilines is 1. The van der Waals surface area contributed by atoms with Gasteiger partial charge in [-0.1, -0.05) is 17.3 Å². The summed E-state index contributed by atoms with van der Waals surface area (Å²) in [6.45, 7) is 0. The predicted octanol–water partition coefficient (Wildman–Crippen LogP) is 4.07. The first-order chi connectivity index (χ1) is 9.95. The first kappa shape index (κ1) is 13.6. The van der Waals surface area contributed by atoms with Gasteiger partial charge in [-0.3, -0.25) is 0 Å². The molecule has 4 nitrogen and oxygen atoms in total. The van der Waals surface area contributed by atoms with E-state index in [1.165, 1.54) is 23.5 Å². The van der Waals surface area contributed by atoms with Crippen LogP contribution < -0.4 is 5.73 Å². The molecule has 0 unspecified atom stereocenters. The van der Waals surface area contributed by atoms with Crippen molar-refractivity contribution in [3.05, 3.63) is 41.3 Å². The van der Waals surface area contributed by atoms with Crippen molar-refractivity contribution in [1.29, 1.82) is 0 Å². The van der Waals surface area contributed by atoms with E-state index in [1.54, 1.807) is 11.4 Å². The average molecular weight is 311 g/mol. The summed E-state index contributed by atoms with van der Waals surface area (Å²) < 4.78 is 43.1. The molecule has 0 radical (unpaired) electrons. The highest BCUT2D eigenvalue weighted by molar-refractivity contribution is 7.14. The Morgan fingerprint density at radius 1 is 1.19 bits per heavy atom. The molecular weight excluding hydrogens is 303 g/mol. The van der Waals surface area contributed by atoms with Gasteiger partial charge in [-0.05, 0) is 23.6 Å². The van der Waals surface area contributed by atoms with Crippen molar-refractivity contribution in [3.8, 4) is 22.2 Å². The van der Waals surface area contributed by atoms with Crippen LogP contribution in [0.5, 0.6) is 0 Å². The van der Waals surface area contributed by atoms with Crippen LogP contribution in [-0.2, 0) is 6.18 Å². The maximum absolute atomic E-state index is 12.7. The number of hydrogen-bond acceptors (Lipinski definition) is 5. The highest BCUT2D eigenvalue weighted by atomic mass is 32.1. The monoisotopic (exact) mass is 311 g/mol. The number of nitrogens with two attached hydrogens (primary N) is 1. The highest BCUT2D eigenvalue weighted by Gasteiger charge is 2.30. The van der Waals surface area contributed by atoms with E-state index in [-0.39, 0.29) is 17.3 Å². The minimum absolute atomic E-state index is 0.0869. The van der Waals surface area contributed by atoms with Crippen molar-refractivity contribution >= 4 is 17.0 Å². The molecule has 21 heavy (non-hydrogen) atoms. The molecule has 0 atom stereocenters. The van der Waals surface area contributed by atoms with Gasteiger partial charge in [-0.25, -0.2) is 0 Å². The van der Waals surface area contributed by atoms with Gasteiger partial charge in [0.05, 0.1) is 11.3 Å². The van der Waals surface area contributed by atoms with E-state index in [9.17, 15) is 13.2 Å². The smallest absolute Gasteiger partial charge is 0.397 e. The van der Waals surface area contributed by atoms with Crippen LogP contribution >= 0.6 is 11.3 Å². The zero-order chi connectivity index (χ0) is 15.0. The molecule has 0 saturated heterocycles. The summed E-state index contributed by atoms with van der Waals surface area (Å²) in [5.41, 5.74) is 5.69. The summed E-state index contributed by atoms with van der Waals surface area (Å²) in [4.78, 5) is 4.69. The number of alkyl halides is 3. The molecule has 0 spiro atoms. The number of thiophene rings is 1. The summed E-state index contributed by atoms with van der Waals surface area (Å²) in [6, 6.07) is 6.44. The standard InChI is InChI=1S/C13H8F3N3OS/c14-13(15,16)8-3-1-2-7(6-8)11-18-12(20-19-11)10-9(17)4-5-21-10/h1-6H,17H2. The number of hydrogen-bond donors (Lipinski definition) is 1. The first-order valence-electron chi connectivity index (χ1n) is 5.80. The van der Waals surface area contributed by atoms with Crippen molar-refractivity contribution in [3.63, 3.8) is 0 Å². The molecule has 0 saturated carbocycles. The van der Waals surface area contributed by atoms with Crippen LogP contribution in [0.3, 0.4) is 0 Å². The van der Waals surface area contributed by atoms with Gasteiger partial charge in [0.1, 0.15) is 4.88 Å². The minimum atomic E-state index is -4.42. The lowest BCUT2D eigenvalue weighted by Gasteiger charge is -2.06. The largest absolute Gasteiger partial charge is 0.416 e. The highest BCUT2D eigenvalue weighted by Crippen LogP contribution is 2.34. The van der Waals surface area contributed by atoms with Crippen LogP contribution in [0.15, 0.2) is 40.2 Å². The van der Waals surface area contributed by atoms with Crippen molar-refractivity contribution < 1.29 is 17.7 Å². The molecule has 1 aromatic carbocycles. The fourth-order valence-electron chi connectivity index (χ4n) is 1.76. The maximum atomic E-state index is 12.7.